The number of carbonyl (C=O) groups excluding carboxylic acids is 1. The maximum atomic E-state index is 13.3. The fourth-order valence-corrected chi connectivity index (χ4v) is 4.13. The maximum absolute atomic E-state index is 13.3. The standard InChI is InChI=1S/C25H25F2N5O4/c1-25(34,14-31-8-3-7-29-31)16-6-9-32-18(13-28-21(32)12-16)15-10-19(35-2)22(20(11-15)36-24(26)27)23(33)30-17-4-5-17/h3,6-13,17,24,34H,4-5,14H2,1-2H3,(H,30,33). The number of hydrogen-bond acceptors (Lipinski definition) is 6. The van der Waals surface area contributed by atoms with Gasteiger partial charge in [0.1, 0.15) is 28.3 Å². The number of benzene rings is 1. The van der Waals surface area contributed by atoms with Crippen LogP contribution in [-0.2, 0) is 12.1 Å². The molecule has 0 saturated heterocycles. The molecule has 188 valence electrons. The van der Waals surface area contributed by atoms with Crippen LogP contribution in [0.3, 0.4) is 0 Å². The predicted octanol–water partition coefficient (Wildman–Crippen LogP) is 3.61. The van der Waals surface area contributed by atoms with Crippen molar-refractivity contribution in [1.82, 2.24) is 24.5 Å². The normalized spacial score (nSPS) is 15.2. The second-order valence-corrected chi connectivity index (χ2v) is 8.94. The summed E-state index contributed by atoms with van der Waals surface area (Å²) in [6, 6.07) is 8.28. The van der Waals surface area contributed by atoms with Gasteiger partial charge in [0.25, 0.3) is 5.91 Å². The van der Waals surface area contributed by atoms with Crippen molar-refractivity contribution in [2.45, 2.75) is 44.6 Å². The molecule has 4 aromatic rings. The Hall–Kier alpha value is -3.99. The summed E-state index contributed by atoms with van der Waals surface area (Å²) in [6.07, 6.45) is 8.40. The lowest BCUT2D eigenvalue weighted by molar-refractivity contribution is -0.0502. The Balaban J connectivity index is 1.53. The highest BCUT2D eigenvalue weighted by molar-refractivity contribution is 6.01. The Bertz CT molecular complexity index is 1400. The molecule has 0 aliphatic heterocycles. The van der Waals surface area contributed by atoms with Gasteiger partial charge in [0.15, 0.2) is 0 Å². The number of nitrogens with one attached hydrogen (secondary N) is 1. The fourth-order valence-electron chi connectivity index (χ4n) is 4.13. The second kappa shape index (κ2) is 9.23. The molecular formula is C25H25F2N5O4. The van der Waals surface area contributed by atoms with Gasteiger partial charge in [-0.15, -0.1) is 0 Å². The van der Waals surface area contributed by atoms with Crippen molar-refractivity contribution in [3.05, 3.63) is 66.2 Å². The first kappa shape index (κ1) is 23.7. The minimum atomic E-state index is -3.13. The van der Waals surface area contributed by atoms with Crippen LogP contribution in [0.4, 0.5) is 8.78 Å². The molecule has 2 N–H and O–H groups in total. The SMILES string of the molecule is COc1cc(-c2cnc3cc(C(C)(O)Cn4cccn4)ccn23)cc(OC(F)F)c1C(=O)NC1CC1. The van der Waals surface area contributed by atoms with Gasteiger partial charge < -0.3 is 19.9 Å². The Kier molecular flexibility index (Phi) is 6.09. The van der Waals surface area contributed by atoms with Crippen molar-refractivity contribution in [2.75, 3.05) is 7.11 Å². The number of ether oxygens (including phenoxy) is 2. The fraction of sp³-hybridized carbons (Fsp3) is 0.320. The maximum Gasteiger partial charge on any atom is 0.387 e. The van der Waals surface area contributed by atoms with Crippen LogP contribution < -0.4 is 14.8 Å². The molecule has 1 atom stereocenters. The van der Waals surface area contributed by atoms with Gasteiger partial charge in [0, 0.05) is 30.2 Å². The van der Waals surface area contributed by atoms with E-state index < -0.39 is 18.1 Å². The van der Waals surface area contributed by atoms with Gasteiger partial charge in [-0.3, -0.25) is 13.9 Å². The highest BCUT2D eigenvalue weighted by Gasteiger charge is 2.29. The number of carbonyl (C=O) groups is 1. The summed E-state index contributed by atoms with van der Waals surface area (Å²) >= 11 is 0. The van der Waals surface area contributed by atoms with Gasteiger partial charge in [0.05, 0.1) is 25.5 Å². The van der Waals surface area contributed by atoms with E-state index in [2.05, 4.69) is 15.4 Å². The lowest BCUT2D eigenvalue weighted by atomic mass is 9.97. The molecule has 1 aliphatic carbocycles. The third-order valence-corrected chi connectivity index (χ3v) is 6.10. The number of aliphatic hydroxyl groups is 1. The number of imidazole rings is 1. The van der Waals surface area contributed by atoms with Crippen LogP contribution in [0, 0.1) is 0 Å². The number of methoxy groups -OCH3 is 1. The van der Waals surface area contributed by atoms with Crippen LogP contribution in [-0.4, -0.2) is 49.9 Å². The number of hydrogen-bond donors (Lipinski definition) is 2. The highest BCUT2D eigenvalue weighted by atomic mass is 19.3. The van der Waals surface area contributed by atoms with Crippen LogP contribution in [0.2, 0.25) is 0 Å². The van der Waals surface area contributed by atoms with E-state index in [4.69, 9.17) is 9.47 Å². The number of nitrogens with zero attached hydrogens (tertiary/aromatic N) is 4. The molecule has 3 aromatic heterocycles. The molecule has 3 heterocycles. The molecule has 36 heavy (non-hydrogen) atoms. The van der Waals surface area contributed by atoms with Gasteiger partial charge in [-0.25, -0.2) is 4.98 Å². The molecule has 1 fully saturated rings. The highest BCUT2D eigenvalue weighted by Crippen LogP contribution is 2.37. The van der Waals surface area contributed by atoms with E-state index in [-0.39, 0.29) is 29.6 Å². The summed E-state index contributed by atoms with van der Waals surface area (Å²) in [5, 5.41) is 18.0. The number of fused-ring (bicyclic) bond motifs is 1. The van der Waals surface area contributed by atoms with Gasteiger partial charge in [-0.2, -0.15) is 13.9 Å². The van der Waals surface area contributed by atoms with Crippen molar-refractivity contribution >= 4 is 11.6 Å². The van der Waals surface area contributed by atoms with Crippen molar-refractivity contribution in [2.24, 2.45) is 0 Å². The van der Waals surface area contributed by atoms with Crippen molar-refractivity contribution in [3.8, 4) is 22.8 Å². The molecule has 11 heteroatoms. The van der Waals surface area contributed by atoms with E-state index in [1.807, 2.05) is 0 Å². The van der Waals surface area contributed by atoms with Gasteiger partial charge >= 0.3 is 6.61 Å². The zero-order valence-electron chi connectivity index (χ0n) is 19.7. The first-order valence-corrected chi connectivity index (χ1v) is 11.4. The summed E-state index contributed by atoms with van der Waals surface area (Å²) < 4.78 is 40.0. The largest absolute Gasteiger partial charge is 0.496 e. The van der Waals surface area contributed by atoms with Crippen LogP contribution in [0.25, 0.3) is 16.9 Å². The zero-order valence-corrected chi connectivity index (χ0v) is 19.7. The van der Waals surface area contributed by atoms with Crippen LogP contribution >= 0.6 is 0 Å². The number of halogens is 2. The first-order valence-electron chi connectivity index (χ1n) is 11.4. The molecule has 9 nitrogen and oxygen atoms in total. The predicted molar refractivity (Wildman–Crippen MR) is 126 cm³/mol. The third-order valence-electron chi connectivity index (χ3n) is 6.10. The van der Waals surface area contributed by atoms with Gasteiger partial charge in [-0.1, -0.05) is 0 Å². The minimum Gasteiger partial charge on any atom is -0.496 e. The quantitative estimate of drug-likeness (QED) is 0.366. The lowest BCUT2D eigenvalue weighted by Gasteiger charge is -2.24. The van der Waals surface area contributed by atoms with E-state index in [0.717, 1.165) is 12.8 Å². The van der Waals surface area contributed by atoms with E-state index in [1.165, 1.54) is 13.2 Å². The Morgan fingerprint density at radius 3 is 2.72 bits per heavy atom. The van der Waals surface area contributed by atoms with Crippen molar-refractivity contribution < 1.29 is 28.2 Å². The van der Waals surface area contributed by atoms with Crippen LogP contribution in [0.15, 0.2) is 55.1 Å². The molecule has 5 rings (SSSR count). The van der Waals surface area contributed by atoms with E-state index >= 15 is 0 Å². The smallest absolute Gasteiger partial charge is 0.387 e. The average molecular weight is 498 g/mol. The van der Waals surface area contributed by atoms with E-state index in [9.17, 15) is 18.7 Å². The molecule has 1 aromatic carbocycles. The minimum absolute atomic E-state index is 0.0276. The number of rotatable bonds is 9. The second-order valence-electron chi connectivity index (χ2n) is 8.94. The Labute approximate surface area is 205 Å². The average Bonchev–Trinajstić information content (AvgIpc) is 3.31. The topological polar surface area (TPSA) is 103 Å². The van der Waals surface area contributed by atoms with Gasteiger partial charge in [-0.05, 0) is 55.7 Å². The van der Waals surface area contributed by atoms with Crippen LogP contribution in [0.1, 0.15) is 35.7 Å². The molecular weight excluding hydrogens is 472 g/mol. The third kappa shape index (κ3) is 4.74. The summed E-state index contributed by atoms with van der Waals surface area (Å²) in [4.78, 5) is 17.2. The van der Waals surface area contributed by atoms with E-state index in [1.54, 1.807) is 65.1 Å². The lowest BCUT2D eigenvalue weighted by Crippen LogP contribution is -2.28. The summed E-state index contributed by atoms with van der Waals surface area (Å²) in [7, 11) is 1.36. The summed E-state index contributed by atoms with van der Waals surface area (Å²) in [6.45, 7) is -1.19. The van der Waals surface area contributed by atoms with Crippen molar-refractivity contribution in [1.29, 1.82) is 0 Å². The van der Waals surface area contributed by atoms with Crippen LogP contribution in [0.5, 0.6) is 11.5 Å². The first-order chi connectivity index (χ1) is 17.2. The number of pyridine rings is 1. The monoisotopic (exact) mass is 497 g/mol. The van der Waals surface area contributed by atoms with Gasteiger partial charge in [0.2, 0.25) is 0 Å². The Morgan fingerprint density at radius 2 is 2.06 bits per heavy atom. The molecule has 1 saturated carbocycles. The molecule has 1 unspecified atom stereocenters. The number of alkyl halides is 2. The molecule has 1 aliphatic rings. The van der Waals surface area contributed by atoms with E-state index in [0.29, 0.717) is 22.5 Å². The molecule has 0 radical (unpaired) electrons. The molecule has 1 amide bonds. The zero-order chi connectivity index (χ0) is 25.4. The Morgan fingerprint density at radius 1 is 1.28 bits per heavy atom. The molecule has 0 bridgehead atoms. The number of aromatic nitrogens is 4. The molecule has 0 spiro atoms. The summed E-state index contributed by atoms with van der Waals surface area (Å²) in [5.41, 5.74) is 0.906. The summed E-state index contributed by atoms with van der Waals surface area (Å²) in [5.74, 6) is -0.708. The number of amides is 1. The van der Waals surface area contributed by atoms with Crippen molar-refractivity contribution in [3.63, 3.8) is 0 Å².